The largest absolute Gasteiger partial charge is 0.337 e. The fourth-order valence-corrected chi connectivity index (χ4v) is 5.41. The van der Waals surface area contributed by atoms with Crippen LogP contribution >= 0.6 is 0 Å². The SMILES string of the molecule is CS(=O)(=O)NCCc1ccc(C(=O)N2CCCN(S(=O)(=O)c3ccc(F)cc3)CC2)cc1. The molecule has 0 atom stereocenters. The molecule has 1 aliphatic rings. The molecule has 0 spiro atoms. The van der Waals surface area contributed by atoms with Crippen molar-refractivity contribution >= 4 is 26.0 Å². The number of nitrogens with zero attached hydrogens (tertiary/aromatic N) is 2. The Morgan fingerprint density at radius 1 is 0.938 bits per heavy atom. The van der Waals surface area contributed by atoms with E-state index in [-0.39, 0.29) is 37.0 Å². The van der Waals surface area contributed by atoms with E-state index in [2.05, 4.69) is 4.72 Å². The number of halogens is 1. The highest BCUT2D eigenvalue weighted by atomic mass is 32.2. The first-order chi connectivity index (χ1) is 15.1. The van der Waals surface area contributed by atoms with Crippen LogP contribution in [0.2, 0.25) is 0 Å². The predicted octanol–water partition coefficient (Wildman–Crippen LogP) is 1.45. The molecular weight excluding hydrogens is 457 g/mol. The van der Waals surface area contributed by atoms with Gasteiger partial charge in [-0.15, -0.1) is 0 Å². The lowest BCUT2D eigenvalue weighted by atomic mass is 10.1. The molecule has 2 aromatic carbocycles. The van der Waals surface area contributed by atoms with Gasteiger partial charge in [-0.05, 0) is 54.8 Å². The van der Waals surface area contributed by atoms with Crippen molar-refractivity contribution in [3.05, 3.63) is 65.5 Å². The predicted molar refractivity (Wildman–Crippen MR) is 119 cm³/mol. The van der Waals surface area contributed by atoms with Gasteiger partial charge < -0.3 is 4.90 Å². The topological polar surface area (TPSA) is 104 Å². The molecule has 1 saturated heterocycles. The van der Waals surface area contributed by atoms with Crippen LogP contribution in [-0.2, 0) is 26.5 Å². The van der Waals surface area contributed by atoms with Crippen LogP contribution in [0.5, 0.6) is 0 Å². The molecule has 1 amide bonds. The Morgan fingerprint density at radius 2 is 1.59 bits per heavy atom. The smallest absolute Gasteiger partial charge is 0.253 e. The number of benzene rings is 2. The van der Waals surface area contributed by atoms with Crippen LogP contribution in [0.3, 0.4) is 0 Å². The maximum Gasteiger partial charge on any atom is 0.253 e. The van der Waals surface area contributed by atoms with E-state index in [0.717, 1.165) is 24.0 Å². The summed E-state index contributed by atoms with van der Waals surface area (Å²) in [7, 11) is -7.00. The number of hydrogen-bond donors (Lipinski definition) is 1. The molecule has 174 valence electrons. The monoisotopic (exact) mass is 483 g/mol. The second-order valence-electron chi connectivity index (χ2n) is 7.62. The van der Waals surface area contributed by atoms with Crippen LogP contribution in [0.4, 0.5) is 4.39 Å². The molecule has 2 aromatic rings. The van der Waals surface area contributed by atoms with Gasteiger partial charge in [0.2, 0.25) is 20.0 Å². The minimum absolute atomic E-state index is 0.0274. The third kappa shape index (κ3) is 6.35. The van der Waals surface area contributed by atoms with Crippen molar-refractivity contribution in [1.29, 1.82) is 0 Å². The Bertz CT molecular complexity index is 1150. The van der Waals surface area contributed by atoms with E-state index in [1.54, 1.807) is 29.2 Å². The molecule has 0 radical (unpaired) electrons. The molecule has 1 fully saturated rings. The maximum atomic E-state index is 13.1. The number of carbonyl (C=O) groups is 1. The zero-order valence-electron chi connectivity index (χ0n) is 17.7. The molecule has 0 unspecified atom stereocenters. The molecule has 3 rings (SSSR count). The Hall–Kier alpha value is -2.34. The molecule has 32 heavy (non-hydrogen) atoms. The fourth-order valence-electron chi connectivity index (χ4n) is 3.47. The average Bonchev–Trinajstić information content (AvgIpc) is 3.00. The van der Waals surface area contributed by atoms with Crippen molar-refractivity contribution in [1.82, 2.24) is 13.9 Å². The molecule has 0 saturated carbocycles. The Kier molecular flexibility index (Phi) is 7.65. The highest BCUT2D eigenvalue weighted by molar-refractivity contribution is 7.89. The summed E-state index contributed by atoms with van der Waals surface area (Å²) in [5.74, 6) is -0.693. The van der Waals surface area contributed by atoms with Gasteiger partial charge in [0.05, 0.1) is 11.2 Å². The third-order valence-corrected chi connectivity index (χ3v) is 7.81. The van der Waals surface area contributed by atoms with Crippen LogP contribution in [0.1, 0.15) is 22.3 Å². The van der Waals surface area contributed by atoms with Crippen molar-refractivity contribution in [3.63, 3.8) is 0 Å². The van der Waals surface area contributed by atoms with Gasteiger partial charge in [-0.1, -0.05) is 12.1 Å². The fraction of sp³-hybridized carbons (Fsp3) is 0.381. The number of nitrogens with one attached hydrogen (secondary N) is 1. The lowest BCUT2D eigenvalue weighted by Gasteiger charge is -2.22. The second kappa shape index (κ2) is 10.1. The van der Waals surface area contributed by atoms with Crippen molar-refractivity contribution < 1.29 is 26.0 Å². The Labute approximate surface area is 188 Å². The van der Waals surface area contributed by atoms with Gasteiger partial charge in [-0.25, -0.2) is 25.9 Å². The molecule has 1 aliphatic heterocycles. The van der Waals surface area contributed by atoms with Gasteiger partial charge in [0, 0.05) is 38.3 Å². The van der Waals surface area contributed by atoms with Gasteiger partial charge in [-0.3, -0.25) is 4.79 Å². The molecule has 1 heterocycles. The van der Waals surface area contributed by atoms with Crippen LogP contribution in [0, 0.1) is 5.82 Å². The molecule has 8 nitrogen and oxygen atoms in total. The lowest BCUT2D eigenvalue weighted by molar-refractivity contribution is 0.0764. The summed E-state index contributed by atoms with van der Waals surface area (Å²) in [4.78, 5) is 14.6. The first-order valence-corrected chi connectivity index (χ1v) is 13.5. The van der Waals surface area contributed by atoms with E-state index in [1.165, 1.54) is 16.4 Å². The summed E-state index contributed by atoms with van der Waals surface area (Å²) < 4.78 is 64.8. The van der Waals surface area contributed by atoms with E-state index < -0.39 is 25.9 Å². The summed E-state index contributed by atoms with van der Waals surface area (Å²) in [5.41, 5.74) is 1.38. The number of carbonyl (C=O) groups excluding carboxylic acids is 1. The molecule has 0 aromatic heterocycles. The first kappa shape index (κ1) is 24.3. The van der Waals surface area contributed by atoms with Crippen molar-refractivity contribution in [2.24, 2.45) is 0 Å². The highest BCUT2D eigenvalue weighted by Gasteiger charge is 2.28. The quantitative estimate of drug-likeness (QED) is 0.642. The summed E-state index contributed by atoms with van der Waals surface area (Å²) in [6.07, 6.45) is 2.09. The van der Waals surface area contributed by atoms with Gasteiger partial charge in [0.1, 0.15) is 5.82 Å². The van der Waals surface area contributed by atoms with Crippen molar-refractivity contribution in [2.45, 2.75) is 17.7 Å². The van der Waals surface area contributed by atoms with Crippen LogP contribution < -0.4 is 4.72 Å². The first-order valence-electron chi connectivity index (χ1n) is 10.1. The number of rotatable bonds is 7. The van der Waals surface area contributed by atoms with Gasteiger partial charge in [-0.2, -0.15) is 4.31 Å². The number of hydrogen-bond acceptors (Lipinski definition) is 5. The zero-order valence-corrected chi connectivity index (χ0v) is 19.3. The summed E-state index contributed by atoms with van der Waals surface area (Å²) >= 11 is 0. The minimum Gasteiger partial charge on any atom is -0.337 e. The Balaban J connectivity index is 1.61. The van der Waals surface area contributed by atoms with Gasteiger partial charge >= 0.3 is 0 Å². The van der Waals surface area contributed by atoms with E-state index >= 15 is 0 Å². The molecule has 1 N–H and O–H groups in total. The van der Waals surface area contributed by atoms with Crippen molar-refractivity contribution in [3.8, 4) is 0 Å². The third-order valence-electron chi connectivity index (χ3n) is 5.17. The van der Waals surface area contributed by atoms with Gasteiger partial charge in [0.25, 0.3) is 5.91 Å². The molecular formula is C21H26FN3O5S2. The Morgan fingerprint density at radius 3 is 2.22 bits per heavy atom. The van der Waals surface area contributed by atoms with Crippen LogP contribution in [-0.4, -0.2) is 70.9 Å². The molecule has 11 heteroatoms. The lowest BCUT2D eigenvalue weighted by Crippen LogP contribution is -2.37. The van der Waals surface area contributed by atoms with E-state index in [4.69, 9.17) is 0 Å². The van der Waals surface area contributed by atoms with E-state index in [1.807, 2.05) is 0 Å². The van der Waals surface area contributed by atoms with Crippen LogP contribution in [0.25, 0.3) is 0 Å². The van der Waals surface area contributed by atoms with Crippen LogP contribution in [0.15, 0.2) is 53.4 Å². The standard InChI is InChI=1S/C21H26FN3O5S2/c1-31(27,28)23-12-11-17-3-5-18(6-4-17)21(26)24-13-2-14-25(16-15-24)32(29,30)20-9-7-19(22)8-10-20/h3-10,23H,2,11-16H2,1H3. The maximum absolute atomic E-state index is 13.1. The summed E-state index contributed by atoms with van der Waals surface area (Å²) in [6, 6.07) is 11.6. The molecule has 0 bridgehead atoms. The highest BCUT2D eigenvalue weighted by Crippen LogP contribution is 2.19. The number of amides is 1. The summed E-state index contributed by atoms with van der Waals surface area (Å²) in [6.45, 7) is 1.38. The average molecular weight is 484 g/mol. The van der Waals surface area contributed by atoms with E-state index in [0.29, 0.717) is 24.9 Å². The minimum atomic E-state index is -3.76. The van der Waals surface area contributed by atoms with Crippen molar-refractivity contribution in [2.75, 3.05) is 39.0 Å². The van der Waals surface area contributed by atoms with E-state index in [9.17, 15) is 26.0 Å². The number of sulfonamides is 2. The molecule has 0 aliphatic carbocycles. The zero-order chi connectivity index (χ0) is 23.4. The second-order valence-corrected chi connectivity index (χ2v) is 11.4. The van der Waals surface area contributed by atoms with Gasteiger partial charge in [0.15, 0.2) is 0 Å². The normalized spacial score (nSPS) is 16.0. The summed E-state index contributed by atoms with van der Waals surface area (Å²) in [5, 5.41) is 0.